The molecule has 0 aliphatic heterocycles. The lowest BCUT2D eigenvalue weighted by Crippen LogP contribution is -2.09. The average Bonchev–Trinajstić information content (AvgIpc) is 1.83. The molecule has 11 heavy (non-hydrogen) atoms. The maximum Gasteiger partial charge on any atom is 0.316 e. The van der Waals surface area contributed by atoms with E-state index >= 15 is 0 Å². The van der Waals surface area contributed by atoms with Gasteiger partial charge in [0.25, 0.3) is 0 Å². The van der Waals surface area contributed by atoms with Crippen molar-refractivity contribution in [1.29, 1.82) is 0 Å². The largest absolute Gasteiger partial charge is 0.465 e. The molecule has 0 rings (SSSR count). The Balaban J connectivity index is 3.55. The van der Waals surface area contributed by atoms with Crippen LogP contribution in [0.4, 0.5) is 0 Å². The van der Waals surface area contributed by atoms with E-state index in [-0.39, 0.29) is 11.7 Å². The number of esters is 1. The van der Waals surface area contributed by atoms with Crippen molar-refractivity contribution in [2.75, 3.05) is 12.4 Å². The molecule has 66 valence electrons. The maximum absolute atomic E-state index is 10.7. The Morgan fingerprint density at radius 1 is 1.73 bits per heavy atom. The standard InChI is InChI=1S/C4H11N2O2PS2/c1-2-8-4(7)3-11-9(5,6)10/h2-3H2,1H3,(H4,5,6,10). The molecule has 0 fully saturated rings. The first-order valence-electron chi connectivity index (χ1n) is 2.93. The van der Waals surface area contributed by atoms with Gasteiger partial charge in [0.1, 0.15) is 5.54 Å². The zero-order chi connectivity index (χ0) is 8.91. The molecule has 0 saturated carbocycles. The summed E-state index contributed by atoms with van der Waals surface area (Å²) in [5.41, 5.74) is 8.38. The molecule has 4 nitrogen and oxygen atoms in total. The minimum atomic E-state index is -2.29. The maximum atomic E-state index is 10.7. The fourth-order valence-electron chi connectivity index (χ4n) is 0.356. The first-order chi connectivity index (χ1) is 4.95. The van der Waals surface area contributed by atoms with Gasteiger partial charge in [0, 0.05) is 0 Å². The normalized spacial score (nSPS) is 11.2. The van der Waals surface area contributed by atoms with Crippen LogP contribution >= 0.6 is 16.9 Å². The molecule has 0 aliphatic carbocycles. The van der Waals surface area contributed by atoms with Gasteiger partial charge < -0.3 is 4.74 Å². The highest BCUT2D eigenvalue weighted by molar-refractivity contribution is 8.69. The summed E-state index contributed by atoms with van der Waals surface area (Å²) >= 11 is 5.80. The summed E-state index contributed by atoms with van der Waals surface area (Å²) in [5, 5.41) is 0. The monoisotopic (exact) mass is 214 g/mol. The zero-order valence-corrected chi connectivity index (χ0v) is 8.68. The Kier molecular flexibility index (Phi) is 5.29. The third kappa shape index (κ3) is 8.29. The SMILES string of the molecule is CCOC(=O)CSP(N)(N)=S. The van der Waals surface area contributed by atoms with Gasteiger partial charge in [-0.1, -0.05) is 23.2 Å². The summed E-state index contributed by atoms with van der Waals surface area (Å²) < 4.78 is 4.64. The van der Waals surface area contributed by atoms with Crippen molar-refractivity contribution in [2.45, 2.75) is 6.92 Å². The molecule has 0 bridgehead atoms. The van der Waals surface area contributed by atoms with Crippen LogP contribution in [0.25, 0.3) is 0 Å². The minimum Gasteiger partial charge on any atom is -0.465 e. The highest BCUT2D eigenvalue weighted by Gasteiger charge is 2.08. The summed E-state index contributed by atoms with van der Waals surface area (Å²) in [6.07, 6.45) is 0. The number of hydrogen-bond donors (Lipinski definition) is 2. The van der Waals surface area contributed by atoms with Gasteiger partial charge in [-0.3, -0.25) is 15.8 Å². The van der Waals surface area contributed by atoms with Gasteiger partial charge in [0.15, 0.2) is 0 Å². The van der Waals surface area contributed by atoms with Gasteiger partial charge in [0.05, 0.1) is 12.4 Å². The zero-order valence-electron chi connectivity index (χ0n) is 6.15. The second kappa shape index (κ2) is 5.11. The van der Waals surface area contributed by atoms with Crippen molar-refractivity contribution in [3.05, 3.63) is 0 Å². The van der Waals surface area contributed by atoms with Gasteiger partial charge >= 0.3 is 5.97 Å². The van der Waals surface area contributed by atoms with Crippen LogP contribution in [0.1, 0.15) is 6.92 Å². The van der Waals surface area contributed by atoms with E-state index in [9.17, 15) is 4.79 Å². The van der Waals surface area contributed by atoms with Crippen molar-refractivity contribution in [3.8, 4) is 0 Å². The van der Waals surface area contributed by atoms with Crippen LogP contribution in [-0.4, -0.2) is 18.3 Å². The highest BCUT2D eigenvalue weighted by atomic mass is 32.9. The molecule has 0 amide bonds. The number of hydrogen-bond acceptors (Lipinski definition) is 4. The molecule has 4 N–H and O–H groups in total. The van der Waals surface area contributed by atoms with Gasteiger partial charge in [-0.25, -0.2) is 0 Å². The van der Waals surface area contributed by atoms with Crippen molar-refractivity contribution in [1.82, 2.24) is 0 Å². The van der Waals surface area contributed by atoms with E-state index in [1.54, 1.807) is 6.92 Å². The molecule has 7 heteroatoms. The van der Waals surface area contributed by atoms with E-state index in [2.05, 4.69) is 4.74 Å². The summed E-state index contributed by atoms with van der Waals surface area (Å²) in [7, 11) is 0. The van der Waals surface area contributed by atoms with E-state index in [4.69, 9.17) is 22.8 Å². The van der Waals surface area contributed by atoms with Crippen molar-refractivity contribution in [3.63, 3.8) is 0 Å². The summed E-state index contributed by atoms with van der Waals surface area (Å²) in [4.78, 5) is 10.7. The van der Waals surface area contributed by atoms with Crippen LogP contribution in [0.2, 0.25) is 0 Å². The van der Waals surface area contributed by atoms with Crippen molar-refractivity contribution < 1.29 is 9.53 Å². The van der Waals surface area contributed by atoms with Gasteiger partial charge in [-0.15, -0.1) is 0 Å². The van der Waals surface area contributed by atoms with Gasteiger partial charge in [-0.05, 0) is 6.92 Å². The Morgan fingerprint density at radius 3 is 2.64 bits per heavy atom. The molecular formula is C4H11N2O2PS2. The number of nitrogens with two attached hydrogens (primary N) is 2. The summed E-state index contributed by atoms with van der Waals surface area (Å²) in [6, 6.07) is 0. The third-order valence-electron chi connectivity index (χ3n) is 0.690. The van der Waals surface area contributed by atoms with Crippen LogP contribution < -0.4 is 11.0 Å². The third-order valence-corrected chi connectivity index (χ3v) is 4.00. The number of ether oxygens (including phenoxy) is 1. The van der Waals surface area contributed by atoms with Crippen molar-refractivity contribution >= 4 is 34.7 Å². The Bertz CT molecular complexity index is 181. The van der Waals surface area contributed by atoms with Crippen molar-refractivity contribution in [2.24, 2.45) is 11.0 Å². The molecule has 0 radical (unpaired) electrons. The molecule has 0 aliphatic rings. The van der Waals surface area contributed by atoms with E-state index in [0.717, 1.165) is 11.4 Å². The quantitative estimate of drug-likeness (QED) is 0.522. The lowest BCUT2D eigenvalue weighted by atomic mass is 10.8. The van der Waals surface area contributed by atoms with Crippen LogP contribution in [0.15, 0.2) is 0 Å². The number of carbonyl (C=O) groups excluding carboxylic acids is 1. The van der Waals surface area contributed by atoms with Crippen LogP contribution in [0.3, 0.4) is 0 Å². The fraction of sp³-hybridized carbons (Fsp3) is 0.750. The summed E-state index contributed by atoms with van der Waals surface area (Å²) in [6.45, 7) is 2.11. The second-order valence-corrected chi connectivity index (χ2v) is 8.65. The van der Waals surface area contributed by atoms with Crippen LogP contribution in [0.5, 0.6) is 0 Å². The predicted octanol–water partition coefficient (Wildman–Crippen LogP) is 0.425. The van der Waals surface area contributed by atoms with Crippen LogP contribution in [-0.2, 0) is 21.3 Å². The molecule has 0 atom stereocenters. The molecule has 0 unspecified atom stereocenters. The lowest BCUT2D eigenvalue weighted by molar-refractivity contribution is -0.139. The van der Waals surface area contributed by atoms with E-state index in [1.165, 1.54) is 0 Å². The molecule has 0 aromatic rings. The smallest absolute Gasteiger partial charge is 0.316 e. The second-order valence-electron chi connectivity index (χ2n) is 1.72. The van der Waals surface area contributed by atoms with E-state index in [0.29, 0.717) is 6.61 Å². The number of rotatable bonds is 4. The molecule has 0 aromatic carbocycles. The average molecular weight is 214 g/mol. The highest BCUT2D eigenvalue weighted by Crippen LogP contribution is 2.42. The molecule has 0 saturated heterocycles. The Hall–Kier alpha value is 0.390. The first kappa shape index (κ1) is 11.4. The number of carbonyl (C=O) groups is 1. The summed E-state index contributed by atoms with van der Waals surface area (Å²) in [5.74, 6) is -0.166. The van der Waals surface area contributed by atoms with Gasteiger partial charge in [-0.2, -0.15) is 0 Å². The molecule has 0 heterocycles. The molecular weight excluding hydrogens is 203 g/mol. The lowest BCUT2D eigenvalue weighted by Gasteiger charge is -2.07. The van der Waals surface area contributed by atoms with Crippen LogP contribution in [0, 0.1) is 0 Å². The molecule has 0 spiro atoms. The Labute approximate surface area is 74.9 Å². The van der Waals surface area contributed by atoms with E-state index in [1.807, 2.05) is 0 Å². The van der Waals surface area contributed by atoms with Gasteiger partial charge in [0.2, 0.25) is 0 Å². The Morgan fingerprint density at radius 2 is 2.27 bits per heavy atom. The predicted molar refractivity (Wildman–Crippen MR) is 51.8 cm³/mol. The minimum absolute atomic E-state index is 0.151. The topological polar surface area (TPSA) is 78.3 Å². The fourth-order valence-corrected chi connectivity index (χ4v) is 2.14. The first-order valence-corrected chi connectivity index (χ1v) is 7.46. The van der Waals surface area contributed by atoms with E-state index < -0.39 is 5.54 Å². The molecule has 0 aromatic heterocycles.